The third kappa shape index (κ3) is 8.42. The Balaban J connectivity index is 1.75. The summed E-state index contributed by atoms with van der Waals surface area (Å²) in [5.74, 6) is -0.779. The monoisotopic (exact) mass is 696 g/mol. The quantitative estimate of drug-likeness (QED) is 0.152. The van der Waals surface area contributed by atoms with E-state index in [4.69, 9.17) is 19.9 Å². The van der Waals surface area contributed by atoms with Crippen molar-refractivity contribution in [2.45, 2.75) is 76.4 Å². The van der Waals surface area contributed by atoms with E-state index in [1.54, 1.807) is 14.2 Å². The van der Waals surface area contributed by atoms with Gasteiger partial charge in [0, 0.05) is 24.5 Å². The van der Waals surface area contributed by atoms with Crippen LogP contribution in [0.5, 0.6) is 11.5 Å². The Kier molecular flexibility index (Phi) is 12.5. The molecule has 0 saturated carbocycles. The molecule has 5 rings (SSSR count). The number of hydrogen-bond acceptors (Lipinski definition) is 8. The number of nitrogens with two attached hydrogens (primary N) is 1. The summed E-state index contributed by atoms with van der Waals surface area (Å²) >= 11 is 0. The fourth-order valence-electron chi connectivity index (χ4n) is 7.11. The summed E-state index contributed by atoms with van der Waals surface area (Å²) in [4.78, 5) is 53.3. The highest BCUT2D eigenvalue weighted by atomic mass is 16.5. The number of rotatable bonds is 8. The topological polar surface area (TPSA) is 158 Å². The van der Waals surface area contributed by atoms with E-state index in [2.05, 4.69) is 34.1 Å². The highest BCUT2D eigenvalue weighted by Crippen LogP contribution is 2.48. The van der Waals surface area contributed by atoms with Crippen LogP contribution < -0.4 is 31.2 Å². The molecule has 0 aliphatic carbocycles. The Bertz CT molecular complexity index is 1910. The zero-order valence-corrected chi connectivity index (χ0v) is 29.8. The standard InChI is InChI=1S/C40H48N4O7/c1-24(45)42-33-23-28-22-26-14-6-9-17-30(26)35(37(28)50-3)34-29-16-8-5-13-25(29)21-27(36(34)49-2)15-7-10-19-32(40(48)51-4)44-38(46)31(43-39(33)47)18-11-12-20-41/h5-6,8-9,13-14,16-17,21-22,31-33H,7,10-12,15,18-20,23,41H2,1-4H3,(H,42,45)(H,43,47)(H,44,46). The van der Waals surface area contributed by atoms with Gasteiger partial charge in [0.2, 0.25) is 17.7 Å². The van der Waals surface area contributed by atoms with Gasteiger partial charge in [0.1, 0.15) is 29.6 Å². The van der Waals surface area contributed by atoms with Crippen LogP contribution >= 0.6 is 0 Å². The first-order valence-corrected chi connectivity index (χ1v) is 17.5. The second kappa shape index (κ2) is 17.2. The van der Waals surface area contributed by atoms with Gasteiger partial charge in [0.25, 0.3) is 0 Å². The Morgan fingerprint density at radius 3 is 2.02 bits per heavy atom. The maximum absolute atomic E-state index is 14.1. The Labute approximate surface area is 298 Å². The van der Waals surface area contributed by atoms with E-state index < -0.39 is 41.8 Å². The predicted molar refractivity (Wildman–Crippen MR) is 198 cm³/mol. The molecule has 0 spiro atoms. The molecule has 5 N–H and O–H groups in total. The molecule has 3 atom stereocenters. The first-order valence-electron chi connectivity index (χ1n) is 17.5. The number of carbonyl (C=O) groups excluding carboxylic acids is 4. The molecule has 11 heteroatoms. The summed E-state index contributed by atoms with van der Waals surface area (Å²) < 4.78 is 17.5. The normalized spacial score (nSPS) is 18.6. The molecule has 4 bridgehead atoms. The molecule has 0 saturated heterocycles. The van der Waals surface area contributed by atoms with Crippen molar-refractivity contribution in [3.63, 3.8) is 0 Å². The number of aryl methyl sites for hydroxylation is 1. The molecule has 4 aromatic carbocycles. The molecule has 3 amide bonds. The predicted octanol–water partition coefficient (Wildman–Crippen LogP) is 4.72. The number of fused-ring (bicyclic) bond motifs is 9. The molecule has 4 aromatic rings. The van der Waals surface area contributed by atoms with Gasteiger partial charge in [-0.3, -0.25) is 14.4 Å². The number of hydrogen-bond donors (Lipinski definition) is 4. The van der Waals surface area contributed by atoms with E-state index in [-0.39, 0.29) is 6.42 Å². The number of nitrogens with one attached hydrogen (secondary N) is 3. The van der Waals surface area contributed by atoms with Crippen LogP contribution in [0.4, 0.5) is 0 Å². The van der Waals surface area contributed by atoms with Gasteiger partial charge >= 0.3 is 5.97 Å². The zero-order valence-electron chi connectivity index (χ0n) is 29.8. The largest absolute Gasteiger partial charge is 0.496 e. The number of methoxy groups -OCH3 is 3. The highest BCUT2D eigenvalue weighted by Gasteiger charge is 2.32. The van der Waals surface area contributed by atoms with Crippen LogP contribution in [0.2, 0.25) is 0 Å². The van der Waals surface area contributed by atoms with Crippen molar-refractivity contribution in [2.24, 2.45) is 5.73 Å². The average molecular weight is 697 g/mol. The summed E-state index contributed by atoms with van der Waals surface area (Å²) in [5, 5.41) is 12.3. The van der Waals surface area contributed by atoms with Gasteiger partial charge in [0.05, 0.1) is 21.3 Å². The van der Waals surface area contributed by atoms with E-state index in [0.29, 0.717) is 68.6 Å². The lowest BCUT2D eigenvalue weighted by Gasteiger charge is -2.26. The van der Waals surface area contributed by atoms with Crippen molar-refractivity contribution in [1.29, 1.82) is 0 Å². The summed E-state index contributed by atoms with van der Waals surface area (Å²) in [7, 11) is 4.54. The molecular weight excluding hydrogens is 648 g/mol. The van der Waals surface area contributed by atoms with Gasteiger partial charge in [-0.25, -0.2) is 4.79 Å². The van der Waals surface area contributed by atoms with Gasteiger partial charge in [-0.1, -0.05) is 55.0 Å². The third-order valence-electron chi connectivity index (χ3n) is 9.50. The molecule has 51 heavy (non-hydrogen) atoms. The zero-order chi connectivity index (χ0) is 36.5. The van der Waals surface area contributed by atoms with Gasteiger partial charge in [-0.2, -0.15) is 0 Å². The minimum absolute atomic E-state index is 0.0638. The molecule has 1 aliphatic rings. The van der Waals surface area contributed by atoms with Crippen molar-refractivity contribution in [3.8, 4) is 22.6 Å². The van der Waals surface area contributed by atoms with Crippen molar-refractivity contribution in [3.05, 3.63) is 71.8 Å². The van der Waals surface area contributed by atoms with Gasteiger partial charge in [0.15, 0.2) is 0 Å². The van der Waals surface area contributed by atoms with E-state index in [0.717, 1.165) is 38.2 Å². The molecule has 3 unspecified atom stereocenters. The van der Waals surface area contributed by atoms with Gasteiger partial charge in [-0.05, 0) is 89.9 Å². The van der Waals surface area contributed by atoms with Gasteiger partial charge < -0.3 is 35.9 Å². The van der Waals surface area contributed by atoms with Crippen molar-refractivity contribution in [2.75, 3.05) is 27.9 Å². The van der Waals surface area contributed by atoms with Gasteiger partial charge in [-0.15, -0.1) is 0 Å². The SMILES string of the molecule is COC(=O)C1CCCCc2cc3ccccc3c(c2OC)-c2c(OC)c(cc3ccccc23)CC(NC(C)=O)C(=O)NC(CCCCN)C(=O)N1. The highest BCUT2D eigenvalue weighted by molar-refractivity contribution is 6.11. The van der Waals surface area contributed by atoms with E-state index in [1.807, 2.05) is 42.5 Å². The molecule has 0 radical (unpaired) electrons. The summed E-state index contributed by atoms with van der Waals surface area (Å²) in [6, 6.07) is 17.3. The number of unbranched alkanes of at least 4 members (excludes halogenated alkanes) is 1. The number of amides is 3. The molecule has 1 heterocycles. The smallest absolute Gasteiger partial charge is 0.328 e. The lowest BCUT2D eigenvalue weighted by Crippen LogP contribution is -2.56. The van der Waals surface area contributed by atoms with Crippen LogP contribution in [-0.2, 0) is 36.8 Å². The third-order valence-corrected chi connectivity index (χ3v) is 9.50. The van der Waals surface area contributed by atoms with Crippen LogP contribution in [-0.4, -0.2) is 69.7 Å². The van der Waals surface area contributed by atoms with Crippen LogP contribution in [0, 0.1) is 0 Å². The molecular formula is C40H48N4O7. The minimum Gasteiger partial charge on any atom is -0.496 e. The fourth-order valence-corrected chi connectivity index (χ4v) is 7.11. The maximum Gasteiger partial charge on any atom is 0.328 e. The lowest BCUT2D eigenvalue weighted by atomic mass is 9.86. The second-order valence-corrected chi connectivity index (χ2v) is 13.0. The molecule has 270 valence electrons. The summed E-state index contributed by atoms with van der Waals surface area (Å²) in [6.07, 6.45) is 3.84. The number of carbonyl (C=O) groups is 4. The first-order chi connectivity index (χ1) is 24.7. The van der Waals surface area contributed by atoms with Crippen LogP contribution in [0.15, 0.2) is 60.7 Å². The lowest BCUT2D eigenvalue weighted by molar-refractivity contribution is -0.145. The van der Waals surface area contributed by atoms with E-state index in [9.17, 15) is 19.2 Å². The number of benzene rings is 4. The average Bonchev–Trinajstić information content (AvgIpc) is 3.13. The van der Waals surface area contributed by atoms with Crippen LogP contribution in [0.3, 0.4) is 0 Å². The first kappa shape index (κ1) is 37.1. The maximum atomic E-state index is 14.1. The molecule has 0 fully saturated rings. The van der Waals surface area contributed by atoms with Crippen LogP contribution in [0.25, 0.3) is 32.7 Å². The summed E-state index contributed by atoms with van der Waals surface area (Å²) in [6.45, 7) is 1.77. The second-order valence-electron chi connectivity index (χ2n) is 13.0. The van der Waals surface area contributed by atoms with E-state index in [1.165, 1.54) is 14.0 Å². The van der Waals surface area contributed by atoms with E-state index >= 15 is 0 Å². The fraction of sp³-hybridized carbons (Fsp3) is 0.400. The minimum atomic E-state index is -1.06. The molecule has 11 nitrogen and oxygen atoms in total. The van der Waals surface area contributed by atoms with Crippen molar-refractivity contribution in [1.82, 2.24) is 16.0 Å². The van der Waals surface area contributed by atoms with Crippen molar-refractivity contribution >= 4 is 45.2 Å². The molecule has 0 aromatic heterocycles. The number of ether oxygens (including phenoxy) is 3. The van der Waals surface area contributed by atoms with Crippen molar-refractivity contribution < 1.29 is 33.4 Å². The number of esters is 1. The van der Waals surface area contributed by atoms with Crippen LogP contribution in [0.1, 0.15) is 56.6 Å². The Morgan fingerprint density at radius 1 is 0.824 bits per heavy atom. The Morgan fingerprint density at radius 2 is 1.43 bits per heavy atom. The summed E-state index contributed by atoms with van der Waals surface area (Å²) in [5.41, 5.74) is 9.08. The molecule has 1 aliphatic heterocycles. The Hall–Kier alpha value is -5.16.